The quantitative estimate of drug-likeness (QED) is 0.831. The van der Waals surface area contributed by atoms with Gasteiger partial charge in [0.05, 0.1) is 0 Å². The van der Waals surface area contributed by atoms with E-state index in [0.717, 1.165) is 5.56 Å². The second-order valence-electron chi connectivity index (χ2n) is 4.46. The molecule has 19 heavy (non-hydrogen) atoms. The van der Waals surface area contributed by atoms with Gasteiger partial charge in [0.15, 0.2) is 11.4 Å². The third-order valence-electron chi connectivity index (χ3n) is 3.15. The maximum Gasteiger partial charge on any atom is 0.191 e. The van der Waals surface area contributed by atoms with Crippen molar-refractivity contribution in [2.45, 2.75) is 12.0 Å². The molecule has 2 heteroatoms. The number of hydrogen-bond acceptors (Lipinski definition) is 2. The molecular formula is C17H16O2. The lowest BCUT2D eigenvalue weighted by molar-refractivity contribution is -0.133. The van der Waals surface area contributed by atoms with E-state index in [9.17, 15) is 9.90 Å². The summed E-state index contributed by atoms with van der Waals surface area (Å²) in [5.41, 5.74) is -0.0579. The van der Waals surface area contributed by atoms with Crippen LogP contribution in [0, 0.1) is 0 Å². The Morgan fingerprint density at radius 3 is 2.11 bits per heavy atom. The molecule has 2 aromatic carbocycles. The minimum atomic E-state index is -1.55. The standard InChI is InChI=1S/C17H16O2/c1-2-16(18)17(19,15-11-7-4-8-12-15)13-14-9-5-3-6-10-14/h2-12,19H,1,13H2. The molecule has 0 aliphatic rings. The van der Waals surface area contributed by atoms with Crippen LogP contribution in [0.5, 0.6) is 0 Å². The Labute approximate surface area is 113 Å². The van der Waals surface area contributed by atoms with Gasteiger partial charge in [0.2, 0.25) is 0 Å². The van der Waals surface area contributed by atoms with E-state index < -0.39 is 5.60 Å². The van der Waals surface area contributed by atoms with Crippen LogP contribution in [0.25, 0.3) is 0 Å². The summed E-state index contributed by atoms with van der Waals surface area (Å²) in [5.74, 6) is -0.387. The van der Waals surface area contributed by atoms with Gasteiger partial charge in [-0.15, -0.1) is 0 Å². The summed E-state index contributed by atoms with van der Waals surface area (Å²) in [6.07, 6.45) is 1.42. The van der Waals surface area contributed by atoms with Crippen LogP contribution in [0.15, 0.2) is 73.3 Å². The maximum atomic E-state index is 12.1. The summed E-state index contributed by atoms with van der Waals surface area (Å²) in [5, 5.41) is 10.8. The van der Waals surface area contributed by atoms with Crippen LogP contribution in [0.4, 0.5) is 0 Å². The minimum Gasteiger partial charge on any atom is -0.377 e. The van der Waals surface area contributed by atoms with Crippen molar-refractivity contribution in [3.8, 4) is 0 Å². The lowest BCUT2D eigenvalue weighted by Gasteiger charge is -2.26. The van der Waals surface area contributed by atoms with Crippen LogP contribution < -0.4 is 0 Å². The average Bonchev–Trinajstić information content (AvgIpc) is 2.48. The molecule has 0 radical (unpaired) electrons. The molecule has 2 aromatic rings. The molecule has 0 fully saturated rings. The Kier molecular flexibility index (Phi) is 3.93. The molecule has 0 saturated carbocycles. The Hall–Kier alpha value is -2.19. The molecule has 2 rings (SSSR count). The van der Waals surface area contributed by atoms with E-state index in [1.54, 1.807) is 12.1 Å². The van der Waals surface area contributed by atoms with Crippen molar-refractivity contribution in [1.29, 1.82) is 0 Å². The minimum absolute atomic E-state index is 0.239. The van der Waals surface area contributed by atoms with E-state index in [0.29, 0.717) is 5.56 Å². The second kappa shape index (κ2) is 5.63. The molecule has 0 heterocycles. The smallest absolute Gasteiger partial charge is 0.191 e. The van der Waals surface area contributed by atoms with Gasteiger partial charge in [0.1, 0.15) is 0 Å². The molecule has 0 aliphatic carbocycles. The highest BCUT2D eigenvalue weighted by molar-refractivity contribution is 5.97. The van der Waals surface area contributed by atoms with Gasteiger partial charge in [0, 0.05) is 6.42 Å². The highest BCUT2D eigenvalue weighted by Crippen LogP contribution is 2.27. The van der Waals surface area contributed by atoms with E-state index >= 15 is 0 Å². The third kappa shape index (κ3) is 2.80. The van der Waals surface area contributed by atoms with Crippen LogP contribution in [0.1, 0.15) is 11.1 Å². The van der Waals surface area contributed by atoms with Gasteiger partial charge in [-0.05, 0) is 17.2 Å². The molecule has 0 bridgehead atoms. The average molecular weight is 252 g/mol. The van der Waals surface area contributed by atoms with E-state index in [1.807, 2.05) is 48.5 Å². The van der Waals surface area contributed by atoms with Crippen molar-refractivity contribution in [2.24, 2.45) is 0 Å². The maximum absolute atomic E-state index is 12.1. The Bertz CT molecular complexity index is 560. The molecule has 0 aliphatic heterocycles. The van der Waals surface area contributed by atoms with Gasteiger partial charge in [-0.1, -0.05) is 67.2 Å². The van der Waals surface area contributed by atoms with Crippen molar-refractivity contribution >= 4 is 5.78 Å². The Morgan fingerprint density at radius 1 is 1.05 bits per heavy atom. The van der Waals surface area contributed by atoms with E-state index in [4.69, 9.17) is 0 Å². The number of rotatable bonds is 5. The largest absolute Gasteiger partial charge is 0.377 e. The normalized spacial score (nSPS) is 13.5. The summed E-state index contributed by atoms with van der Waals surface area (Å²) in [7, 11) is 0. The zero-order chi connectivity index (χ0) is 13.7. The zero-order valence-electron chi connectivity index (χ0n) is 10.6. The Morgan fingerprint density at radius 2 is 1.58 bits per heavy atom. The van der Waals surface area contributed by atoms with Gasteiger partial charge < -0.3 is 5.11 Å². The predicted octanol–water partition coefficient (Wildman–Crippen LogP) is 2.87. The van der Waals surface area contributed by atoms with Crippen molar-refractivity contribution in [3.63, 3.8) is 0 Å². The number of aliphatic hydroxyl groups is 1. The van der Waals surface area contributed by atoms with Crippen LogP contribution in [-0.4, -0.2) is 10.9 Å². The molecule has 0 aromatic heterocycles. The Balaban J connectivity index is 2.41. The fourth-order valence-corrected chi connectivity index (χ4v) is 2.11. The molecule has 0 amide bonds. The number of ketones is 1. The highest BCUT2D eigenvalue weighted by atomic mass is 16.3. The molecule has 2 nitrogen and oxygen atoms in total. The first kappa shape index (κ1) is 13.2. The molecule has 1 N–H and O–H groups in total. The summed E-state index contributed by atoms with van der Waals surface area (Å²) in [6, 6.07) is 18.4. The first-order chi connectivity index (χ1) is 9.16. The van der Waals surface area contributed by atoms with Crippen molar-refractivity contribution in [1.82, 2.24) is 0 Å². The first-order valence-corrected chi connectivity index (χ1v) is 6.15. The predicted molar refractivity (Wildman–Crippen MR) is 75.7 cm³/mol. The van der Waals surface area contributed by atoms with Gasteiger partial charge in [0.25, 0.3) is 0 Å². The molecule has 0 spiro atoms. The summed E-state index contributed by atoms with van der Waals surface area (Å²) < 4.78 is 0. The van der Waals surface area contributed by atoms with E-state index in [-0.39, 0.29) is 12.2 Å². The van der Waals surface area contributed by atoms with Gasteiger partial charge in [-0.2, -0.15) is 0 Å². The molecule has 1 atom stereocenters. The molecular weight excluding hydrogens is 236 g/mol. The van der Waals surface area contributed by atoms with E-state index in [1.165, 1.54) is 6.08 Å². The zero-order valence-corrected chi connectivity index (χ0v) is 10.6. The van der Waals surface area contributed by atoms with Gasteiger partial charge in [-0.3, -0.25) is 4.79 Å². The molecule has 0 saturated heterocycles. The highest BCUT2D eigenvalue weighted by Gasteiger charge is 2.35. The van der Waals surface area contributed by atoms with Crippen molar-refractivity contribution < 1.29 is 9.90 Å². The second-order valence-corrected chi connectivity index (χ2v) is 4.46. The van der Waals surface area contributed by atoms with Crippen LogP contribution >= 0.6 is 0 Å². The van der Waals surface area contributed by atoms with Crippen LogP contribution in [0.2, 0.25) is 0 Å². The van der Waals surface area contributed by atoms with Crippen molar-refractivity contribution in [3.05, 3.63) is 84.4 Å². The number of carbonyl (C=O) groups excluding carboxylic acids is 1. The topological polar surface area (TPSA) is 37.3 Å². The fourth-order valence-electron chi connectivity index (χ4n) is 2.11. The number of carbonyl (C=O) groups is 1. The number of benzene rings is 2. The summed E-state index contributed by atoms with van der Waals surface area (Å²) in [4.78, 5) is 12.1. The summed E-state index contributed by atoms with van der Waals surface area (Å²) >= 11 is 0. The lowest BCUT2D eigenvalue weighted by Crippen LogP contribution is -2.36. The monoisotopic (exact) mass is 252 g/mol. The summed E-state index contributed by atoms with van der Waals surface area (Å²) in [6.45, 7) is 3.48. The van der Waals surface area contributed by atoms with Crippen LogP contribution in [-0.2, 0) is 16.8 Å². The van der Waals surface area contributed by atoms with Gasteiger partial charge >= 0.3 is 0 Å². The lowest BCUT2D eigenvalue weighted by atomic mass is 9.83. The molecule has 1 unspecified atom stereocenters. The van der Waals surface area contributed by atoms with Crippen LogP contribution in [0.3, 0.4) is 0 Å². The third-order valence-corrected chi connectivity index (χ3v) is 3.15. The molecule has 96 valence electrons. The SMILES string of the molecule is C=CC(=O)C(O)(Cc1ccccc1)c1ccccc1. The van der Waals surface area contributed by atoms with Gasteiger partial charge in [-0.25, -0.2) is 0 Å². The first-order valence-electron chi connectivity index (χ1n) is 6.15. The van der Waals surface area contributed by atoms with E-state index in [2.05, 4.69) is 6.58 Å². The number of hydrogen-bond donors (Lipinski definition) is 1. The van der Waals surface area contributed by atoms with Crippen molar-refractivity contribution in [2.75, 3.05) is 0 Å². The fraction of sp³-hybridized carbons (Fsp3) is 0.118.